The van der Waals surface area contributed by atoms with E-state index in [0.717, 1.165) is 25.9 Å². The molecule has 0 spiro atoms. The number of carboxylic acid groups (broad SMARTS) is 1. The van der Waals surface area contributed by atoms with E-state index in [1.807, 2.05) is 0 Å². The largest absolute Gasteiger partial charge is 0.479 e. The maximum absolute atomic E-state index is 10.7. The van der Waals surface area contributed by atoms with Crippen LogP contribution in [0.5, 0.6) is 0 Å². The second-order valence-electron chi connectivity index (χ2n) is 5.31. The fraction of sp³-hybridized carbons (Fsp3) is 0.917. The summed E-state index contributed by atoms with van der Waals surface area (Å²) < 4.78 is 5.41. The molecule has 1 saturated heterocycles. The van der Waals surface area contributed by atoms with Crippen LogP contribution in [0.3, 0.4) is 0 Å². The summed E-state index contributed by atoms with van der Waals surface area (Å²) in [4.78, 5) is 10.7. The average Bonchev–Trinajstić information content (AvgIpc) is 2.66. The van der Waals surface area contributed by atoms with E-state index >= 15 is 0 Å². The summed E-state index contributed by atoms with van der Waals surface area (Å²) in [5.41, 5.74) is 0.296. The molecule has 0 aliphatic carbocycles. The minimum absolute atomic E-state index is 0.0637. The molecule has 0 amide bonds. The van der Waals surface area contributed by atoms with Gasteiger partial charge in [-0.2, -0.15) is 0 Å². The first-order valence-electron chi connectivity index (χ1n) is 6.03. The van der Waals surface area contributed by atoms with Crippen molar-refractivity contribution in [2.45, 2.75) is 52.2 Å². The summed E-state index contributed by atoms with van der Waals surface area (Å²) in [6.07, 6.45) is 2.08. The number of ether oxygens (including phenoxy) is 1. The van der Waals surface area contributed by atoms with Crippen LogP contribution < -0.4 is 5.32 Å². The Balaban J connectivity index is 2.18. The Morgan fingerprint density at radius 1 is 1.50 bits per heavy atom. The van der Waals surface area contributed by atoms with Gasteiger partial charge in [0.05, 0.1) is 6.10 Å². The lowest BCUT2D eigenvalue weighted by Gasteiger charge is -2.24. The molecule has 2 unspecified atom stereocenters. The van der Waals surface area contributed by atoms with Gasteiger partial charge in [0.1, 0.15) is 0 Å². The molecule has 0 aromatic heterocycles. The topological polar surface area (TPSA) is 58.6 Å². The first kappa shape index (κ1) is 13.5. The van der Waals surface area contributed by atoms with E-state index in [1.54, 1.807) is 0 Å². The minimum atomic E-state index is -0.837. The number of nitrogens with one attached hydrogen (secondary N) is 1. The van der Waals surface area contributed by atoms with Crippen molar-refractivity contribution in [3.05, 3.63) is 0 Å². The predicted octanol–water partition coefficient (Wildman–Crippen LogP) is 1.64. The van der Waals surface area contributed by atoms with Crippen LogP contribution in [0.25, 0.3) is 0 Å². The SMILES string of the molecule is CCC(C)(C)CNCC1CCC(C(=O)O)O1. The minimum Gasteiger partial charge on any atom is -0.479 e. The number of carboxylic acids is 1. The van der Waals surface area contributed by atoms with Crippen LogP contribution in [0.1, 0.15) is 40.0 Å². The van der Waals surface area contributed by atoms with Crippen molar-refractivity contribution >= 4 is 5.97 Å². The lowest BCUT2D eigenvalue weighted by Crippen LogP contribution is -2.35. The Kier molecular flexibility index (Phi) is 4.74. The number of hydrogen-bond acceptors (Lipinski definition) is 3. The fourth-order valence-corrected chi connectivity index (χ4v) is 1.73. The molecular formula is C12H23NO3. The van der Waals surface area contributed by atoms with Gasteiger partial charge < -0.3 is 15.2 Å². The molecule has 0 saturated carbocycles. The highest BCUT2D eigenvalue weighted by atomic mass is 16.5. The number of aliphatic carboxylic acids is 1. The quantitative estimate of drug-likeness (QED) is 0.727. The van der Waals surface area contributed by atoms with Gasteiger partial charge in [-0.3, -0.25) is 0 Å². The van der Waals surface area contributed by atoms with Crippen LogP contribution in [0.4, 0.5) is 0 Å². The van der Waals surface area contributed by atoms with Gasteiger partial charge in [-0.05, 0) is 24.7 Å². The molecule has 0 radical (unpaired) electrons. The highest BCUT2D eigenvalue weighted by molar-refractivity contribution is 5.72. The van der Waals surface area contributed by atoms with Crippen LogP contribution >= 0.6 is 0 Å². The molecule has 0 aromatic carbocycles. The zero-order valence-electron chi connectivity index (χ0n) is 10.5. The van der Waals surface area contributed by atoms with Crippen molar-refractivity contribution < 1.29 is 14.6 Å². The third kappa shape index (κ3) is 4.10. The van der Waals surface area contributed by atoms with Gasteiger partial charge >= 0.3 is 5.97 Å². The molecule has 1 heterocycles. The summed E-state index contributed by atoms with van der Waals surface area (Å²) >= 11 is 0. The van der Waals surface area contributed by atoms with Gasteiger partial charge in [-0.15, -0.1) is 0 Å². The van der Waals surface area contributed by atoms with Gasteiger partial charge in [0.15, 0.2) is 6.10 Å². The number of carbonyl (C=O) groups is 1. The molecule has 4 heteroatoms. The molecule has 2 atom stereocenters. The Hall–Kier alpha value is -0.610. The summed E-state index contributed by atoms with van der Waals surface area (Å²) in [5, 5.41) is 12.1. The molecule has 4 nitrogen and oxygen atoms in total. The summed E-state index contributed by atoms with van der Waals surface area (Å²) in [6, 6.07) is 0. The molecule has 1 aliphatic heterocycles. The molecule has 1 rings (SSSR count). The van der Waals surface area contributed by atoms with Crippen LogP contribution in [0.2, 0.25) is 0 Å². The van der Waals surface area contributed by atoms with Crippen LogP contribution in [0.15, 0.2) is 0 Å². The summed E-state index contributed by atoms with van der Waals surface area (Å²) in [7, 11) is 0. The van der Waals surface area contributed by atoms with Crippen molar-refractivity contribution in [2.24, 2.45) is 5.41 Å². The van der Waals surface area contributed by atoms with Crippen LogP contribution in [-0.4, -0.2) is 36.4 Å². The van der Waals surface area contributed by atoms with Gasteiger partial charge in [0, 0.05) is 13.1 Å². The monoisotopic (exact) mass is 229 g/mol. The second kappa shape index (κ2) is 5.64. The van der Waals surface area contributed by atoms with E-state index in [2.05, 4.69) is 26.1 Å². The lowest BCUT2D eigenvalue weighted by molar-refractivity contribution is -0.149. The third-order valence-electron chi connectivity index (χ3n) is 3.32. The predicted molar refractivity (Wildman–Crippen MR) is 62.5 cm³/mol. The van der Waals surface area contributed by atoms with Gasteiger partial charge in [0.2, 0.25) is 0 Å². The maximum Gasteiger partial charge on any atom is 0.332 e. The normalized spacial score (nSPS) is 25.9. The molecule has 0 bridgehead atoms. The van der Waals surface area contributed by atoms with Crippen molar-refractivity contribution in [1.82, 2.24) is 5.32 Å². The van der Waals surface area contributed by atoms with E-state index in [4.69, 9.17) is 9.84 Å². The Morgan fingerprint density at radius 3 is 2.69 bits per heavy atom. The molecule has 2 N–H and O–H groups in total. The highest BCUT2D eigenvalue weighted by Gasteiger charge is 2.30. The van der Waals surface area contributed by atoms with Crippen LogP contribution in [-0.2, 0) is 9.53 Å². The smallest absolute Gasteiger partial charge is 0.332 e. The third-order valence-corrected chi connectivity index (χ3v) is 3.32. The number of rotatable bonds is 6. The van der Waals surface area contributed by atoms with Gasteiger partial charge in [0.25, 0.3) is 0 Å². The highest BCUT2D eigenvalue weighted by Crippen LogP contribution is 2.21. The summed E-state index contributed by atoms with van der Waals surface area (Å²) in [5.74, 6) is -0.837. The molecular weight excluding hydrogens is 206 g/mol. The molecule has 16 heavy (non-hydrogen) atoms. The van der Waals surface area contributed by atoms with Gasteiger partial charge in [-0.25, -0.2) is 4.79 Å². The fourth-order valence-electron chi connectivity index (χ4n) is 1.73. The first-order valence-corrected chi connectivity index (χ1v) is 6.03. The van der Waals surface area contributed by atoms with E-state index in [-0.39, 0.29) is 6.10 Å². The van der Waals surface area contributed by atoms with Crippen LogP contribution in [0, 0.1) is 5.41 Å². The Bertz CT molecular complexity index is 240. The Labute approximate surface area is 97.4 Å². The standard InChI is InChI=1S/C12H23NO3/c1-4-12(2,3)8-13-7-9-5-6-10(16-9)11(14)15/h9-10,13H,4-8H2,1-3H3,(H,14,15). The van der Waals surface area contributed by atoms with Crippen molar-refractivity contribution in [2.75, 3.05) is 13.1 Å². The van der Waals surface area contributed by atoms with E-state index in [0.29, 0.717) is 11.8 Å². The molecule has 0 aromatic rings. The van der Waals surface area contributed by atoms with E-state index < -0.39 is 12.1 Å². The first-order chi connectivity index (χ1) is 7.44. The van der Waals surface area contributed by atoms with Gasteiger partial charge in [-0.1, -0.05) is 20.8 Å². The zero-order chi connectivity index (χ0) is 12.2. The lowest BCUT2D eigenvalue weighted by atomic mass is 9.90. The molecule has 1 fully saturated rings. The van der Waals surface area contributed by atoms with E-state index in [9.17, 15) is 4.79 Å². The molecule has 1 aliphatic rings. The van der Waals surface area contributed by atoms with Crippen molar-refractivity contribution in [3.63, 3.8) is 0 Å². The second-order valence-corrected chi connectivity index (χ2v) is 5.31. The van der Waals surface area contributed by atoms with E-state index in [1.165, 1.54) is 0 Å². The number of hydrogen-bond donors (Lipinski definition) is 2. The average molecular weight is 229 g/mol. The Morgan fingerprint density at radius 2 is 2.19 bits per heavy atom. The zero-order valence-corrected chi connectivity index (χ0v) is 10.5. The van der Waals surface area contributed by atoms with Crippen molar-refractivity contribution in [3.8, 4) is 0 Å². The summed E-state index contributed by atoms with van der Waals surface area (Å²) in [6.45, 7) is 8.31. The maximum atomic E-state index is 10.7. The molecule has 94 valence electrons. The van der Waals surface area contributed by atoms with Crippen molar-refractivity contribution in [1.29, 1.82) is 0 Å².